The fourth-order valence-corrected chi connectivity index (χ4v) is 6.63. The van der Waals surface area contributed by atoms with E-state index in [-0.39, 0.29) is 18.2 Å². The highest BCUT2D eigenvalue weighted by Crippen LogP contribution is 2.39. The molecule has 7 nitrogen and oxygen atoms in total. The SMILES string of the molecule is Cc1cc(-c2ccc(-c3c[nH]c([C@@H]4CC[C@H](C)C4)n3)cc2)ccc1-c1c[nH]c([C@@H]2CC[C@H](C)N2C(=O)OC(C)(C)C)n1. The van der Waals surface area contributed by atoms with Gasteiger partial charge in [-0.15, -0.1) is 0 Å². The summed E-state index contributed by atoms with van der Waals surface area (Å²) in [6, 6.07) is 15.2. The van der Waals surface area contributed by atoms with Gasteiger partial charge in [0, 0.05) is 35.5 Å². The number of nitrogens with zero attached hydrogens (tertiary/aromatic N) is 3. The summed E-state index contributed by atoms with van der Waals surface area (Å²) in [5.41, 5.74) is 7.07. The minimum atomic E-state index is -0.534. The molecule has 2 fully saturated rings. The molecule has 0 unspecified atom stereocenters. The van der Waals surface area contributed by atoms with Gasteiger partial charge < -0.3 is 14.7 Å². The van der Waals surface area contributed by atoms with E-state index in [0.29, 0.717) is 5.92 Å². The van der Waals surface area contributed by atoms with Crippen LogP contribution in [0.1, 0.15) is 95.9 Å². The third kappa shape index (κ3) is 5.74. The summed E-state index contributed by atoms with van der Waals surface area (Å²) in [5, 5.41) is 0. The van der Waals surface area contributed by atoms with Crippen molar-refractivity contribution >= 4 is 6.09 Å². The van der Waals surface area contributed by atoms with Gasteiger partial charge in [-0.2, -0.15) is 0 Å². The molecule has 0 bridgehead atoms. The van der Waals surface area contributed by atoms with Crippen molar-refractivity contribution in [2.45, 2.75) is 97.2 Å². The van der Waals surface area contributed by atoms with Crippen LogP contribution in [0.25, 0.3) is 33.6 Å². The molecule has 42 heavy (non-hydrogen) atoms. The first-order valence-electron chi connectivity index (χ1n) is 15.4. The number of aryl methyl sites for hydroxylation is 1. The maximum atomic E-state index is 13.0. The average molecular weight is 566 g/mol. The number of aromatic nitrogens is 4. The predicted octanol–water partition coefficient (Wildman–Crippen LogP) is 8.81. The van der Waals surface area contributed by atoms with Gasteiger partial charge in [-0.05, 0) is 89.3 Å². The van der Waals surface area contributed by atoms with Gasteiger partial charge in [0.05, 0.1) is 17.4 Å². The van der Waals surface area contributed by atoms with Crippen LogP contribution in [0.5, 0.6) is 0 Å². The van der Waals surface area contributed by atoms with Crippen LogP contribution >= 0.6 is 0 Å². The zero-order valence-corrected chi connectivity index (χ0v) is 25.7. The summed E-state index contributed by atoms with van der Waals surface area (Å²) in [6.45, 7) is 12.2. The third-order valence-corrected chi connectivity index (χ3v) is 8.88. The number of hydrogen-bond donors (Lipinski definition) is 2. The van der Waals surface area contributed by atoms with Gasteiger partial charge in [-0.3, -0.25) is 4.90 Å². The first-order valence-corrected chi connectivity index (χ1v) is 15.4. The minimum absolute atomic E-state index is 0.108. The second-order valence-corrected chi connectivity index (χ2v) is 13.4. The molecule has 0 spiro atoms. The van der Waals surface area contributed by atoms with E-state index < -0.39 is 5.60 Å². The summed E-state index contributed by atoms with van der Waals surface area (Å²) < 4.78 is 5.71. The highest BCUT2D eigenvalue weighted by Gasteiger charge is 2.39. The van der Waals surface area contributed by atoms with E-state index in [1.165, 1.54) is 30.4 Å². The number of rotatable bonds is 5. The number of carbonyl (C=O) groups excluding carboxylic acids is 1. The smallest absolute Gasteiger partial charge is 0.411 e. The number of amides is 1. The molecule has 2 aromatic carbocycles. The Hall–Kier alpha value is -3.87. The summed E-state index contributed by atoms with van der Waals surface area (Å²) in [4.78, 5) is 31.5. The standard InChI is InChI=1S/C35H43N5O2/c1-21-7-9-27(17-21)32-36-19-29(38-32)25-12-10-24(11-13-25)26-14-15-28(22(2)18-26)30-20-37-33(39-30)31-16-8-23(3)40(31)34(41)42-35(4,5)6/h10-15,18-21,23,27,31H,7-9,16-17H2,1-6H3,(H,36,38)(H,37,39)/t21-,23-,27+,31-/m0/s1. The molecule has 4 aromatic rings. The largest absolute Gasteiger partial charge is 0.444 e. The Balaban J connectivity index is 1.17. The van der Waals surface area contributed by atoms with Crippen LogP contribution in [0.15, 0.2) is 54.9 Å². The molecule has 1 aliphatic heterocycles. The number of ether oxygens (including phenoxy) is 1. The first kappa shape index (κ1) is 28.3. The number of benzene rings is 2. The van der Waals surface area contributed by atoms with Gasteiger partial charge in [0.2, 0.25) is 0 Å². The highest BCUT2D eigenvalue weighted by atomic mass is 16.6. The lowest BCUT2D eigenvalue weighted by Gasteiger charge is -2.30. The van der Waals surface area contributed by atoms with Crippen molar-refractivity contribution in [3.8, 4) is 33.6 Å². The number of carbonyl (C=O) groups is 1. The molecule has 2 N–H and O–H groups in total. The lowest BCUT2D eigenvalue weighted by atomic mass is 9.97. The molecule has 2 aromatic heterocycles. The molecule has 0 radical (unpaired) electrons. The van der Waals surface area contributed by atoms with Gasteiger partial charge in [0.25, 0.3) is 0 Å². The van der Waals surface area contributed by atoms with Crippen molar-refractivity contribution in [1.29, 1.82) is 0 Å². The lowest BCUT2D eigenvalue weighted by Crippen LogP contribution is -2.40. The Bertz CT molecular complexity index is 1560. The van der Waals surface area contributed by atoms with E-state index >= 15 is 0 Å². The third-order valence-electron chi connectivity index (χ3n) is 8.88. The van der Waals surface area contributed by atoms with Crippen molar-refractivity contribution in [2.75, 3.05) is 0 Å². The molecule has 1 amide bonds. The Morgan fingerprint density at radius 1 is 0.857 bits per heavy atom. The Morgan fingerprint density at radius 3 is 2.21 bits per heavy atom. The summed E-state index contributed by atoms with van der Waals surface area (Å²) >= 11 is 0. The number of nitrogens with one attached hydrogen (secondary N) is 2. The maximum Gasteiger partial charge on any atom is 0.411 e. The molecule has 2 aliphatic rings. The minimum Gasteiger partial charge on any atom is -0.444 e. The Kier molecular flexibility index (Phi) is 7.46. The van der Waals surface area contributed by atoms with Crippen LogP contribution in [-0.2, 0) is 4.74 Å². The monoisotopic (exact) mass is 565 g/mol. The highest BCUT2D eigenvalue weighted by molar-refractivity contribution is 5.74. The summed E-state index contributed by atoms with van der Waals surface area (Å²) in [5.74, 6) is 3.29. The van der Waals surface area contributed by atoms with Crippen molar-refractivity contribution in [2.24, 2.45) is 5.92 Å². The molecule has 220 valence electrons. The topological polar surface area (TPSA) is 86.9 Å². The quantitative estimate of drug-likeness (QED) is 0.253. The summed E-state index contributed by atoms with van der Waals surface area (Å²) in [7, 11) is 0. The normalized spacial score (nSPS) is 22.6. The van der Waals surface area contributed by atoms with Crippen LogP contribution in [0.4, 0.5) is 4.79 Å². The van der Waals surface area contributed by atoms with E-state index in [9.17, 15) is 4.79 Å². The van der Waals surface area contributed by atoms with Crippen molar-refractivity contribution in [3.05, 3.63) is 72.1 Å². The van der Waals surface area contributed by atoms with E-state index in [2.05, 4.69) is 73.2 Å². The Labute approximate surface area is 249 Å². The molecule has 1 saturated carbocycles. The van der Waals surface area contributed by atoms with E-state index in [1.807, 2.05) is 38.1 Å². The molecular formula is C35H43N5O2. The van der Waals surface area contributed by atoms with E-state index in [0.717, 1.165) is 58.5 Å². The average Bonchev–Trinajstić information content (AvgIpc) is 3.74. The van der Waals surface area contributed by atoms with E-state index in [4.69, 9.17) is 14.7 Å². The summed E-state index contributed by atoms with van der Waals surface area (Å²) in [6.07, 6.45) is 9.25. The molecule has 1 aliphatic carbocycles. The lowest BCUT2D eigenvalue weighted by molar-refractivity contribution is 0.0151. The van der Waals surface area contributed by atoms with Crippen molar-refractivity contribution in [3.63, 3.8) is 0 Å². The predicted molar refractivity (Wildman–Crippen MR) is 167 cm³/mol. The molecule has 4 atom stereocenters. The zero-order chi connectivity index (χ0) is 29.6. The van der Waals surface area contributed by atoms with Gasteiger partial charge in [0.15, 0.2) is 0 Å². The number of H-pyrrole nitrogens is 2. The molecule has 3 heterocycles. The zero-order valence-electron chi connectivity index (χ0n) is 25.7. The fourth-order valence-electron chi connectivity index (χ4n) is 6.63. The van der Waals surface area contributed by atoms with Crippen LogP contribution in [0, 0.1) is 12.8 Å². The van der Waals surface area contributed by atoms with Gasteiger partial charge in [0.1, 0.15) is 17.2 Å². The van der Waals surface area contributed by atoms with Gasteiger partial charge in [-0.1, -0.05) is 49.4 Å². The van der Waals surface area contributed by atoms with Gasteiger partial charge >= 0.3 is 6.09 Å². The molecule has 7 heteroatoms. The number of aromatic amines is 2. The van der Waals surface area contributed by atoms with Crippen LogP contribution in [0.2, 0.25) is 0 Å². The van der Waals surface area contributed by atoms with Crippen LogP contribution in [-0.4, -0.2) is 42.6 Å². The molecule has 6 rings (SSSR count). The van der Waals surface area contributed by atoms with Crippen LogP contribution in [0.3, 0.4) is 0 Å². The van der Waals surface area contributed by atoms with Crippen LogP contribution < -0.4 is 0 Å². The van der Waals surface area contributed by atoms with Gasteiger partial charge in [-0.25, -0.2) is 14.8 Å². The second kappa shape index (κ2) is 11.1. The van der Waals surface area contributed by atoms with Crippen molar-refractivity contribution < 1.29 is 9.53 Å². The molecule has 1 saturated heterocycles. The number of hydrogen-bond acceptors (Lipinski definition) is 4. The fraction of sp³-hybridized carbons (Fsp3) is 0.457. The number of likely N-dealkylation sites (tertiary alicyclic amines) is 1. The second-order valence-electron chi connectivity index (χ2n) is 13.4. The van der Waals surface area contributed by atoms with Crippen molar-refractivity contribution in [1.82, 2.24) is 24.8 Å². The van der Waals surface area contributed by atoms with E-state index in [1.54, 1.807) is 0 Å². The number of imidazole rings is 2. The first-order chi connectivity index (χ1) is 20.1. The Morgan fingerprint density at radius 2 is 1.52 bits per heavy atom. The maximum absolute atomic E-state index is 13.0. The molecular weight excluding hydrogens is 522 g/mol.